The minimum absolute atomic E-state index is 0.371. The molecule has 25 heavy (non-hydrogen) atoms. The number of rotatable bonds is 3. The van der Waals surface area contributed by atoms with Gasteiger partial charge >= 0.3 is 6.09 Å². The van der Waals surface area contributed by atoms with Gasteiger partial charge in [0.1, 0.15) is 5.82 Å². The number of carbonyl (C=O) groups excluding carboxylic acids is 1. The van der Waals surface area contributed by atoms with E-state index in [9.17, 15) is 9.18 Å². The van der Waals surface area contributed by atoms with Crippen molar-refractivity contribution in [1.82, 2.24) is 5.32 Å². The molecular weight excluding hydrogens is 317 g/mol. The maximum absolute atomic E-state index is 14.2. The van der Waals surface area contributed by atoms with Crippen LogP contribution >= 0.6 is 0 Å². The molecule has 1 heterocycles. The quantitative estimate of drug-likeness (QED) is 0.731. The number of ether oxygens (including phenoxy) is 1. The van der Waals surface area contributed by atoms with Crippen LogP contribution in [0.15, 0.2) is 78.9 Å². The molecule has 2 atom stereocenters. The summed E-state index contributed by atoms with van der Waals surface area (Å²) in [5, 5.41) is 2.80. The van der Waals surface area contributed by atoms with Crippen molar-refractivity contribution in [3.63, 3.8) is 0 Å². The van der Waals surface area contributed by atoms with Crippen LogP contribution in [-0.4, -0.2) is 6.09 Å². The van der Waals surface area contributed by atoms with E-state index in [1.165, 1.54) is 6.07 Å². The summed E-state index contributed by atoms with van der Waals surface area (Å²) in [7, 11) is 0. The average Bonchev–Trinajstić information content (AvgIpc) is 3.04. The number of hydrogen-bond acceptors (Lipinski definition) is 2. The van der Waals surface area contributed by atoms with Gasteiger partial charge in [-0.15, -0.1) is 0 Å². The molecule has 0 spiro atoms. The van der Waals surface area contributed by atoms with Crippen LogP contribution in [-0.2, 0) is 4.74 Å². The first-order chi connectivity index (χ1) is 12.2. The second kappa shape index (κ2) is 6.40. The summed E-state index contributed by atoms with van der Waals surface area (Å²) in [5.74, 6) is -0.381. The van der Waals surface area contributed by atoms with Crippen LogP contribution in [0.1, 0.15) is 23.3 Å². The van der Waals surface area contributed by atoms with E-state index in [0.717, 1.165) is 16.7 Å². The number of halogens is 1. The molecule has 1 N–H and O–H groups in total. The van der Waals surface area contributed by atoms with Crippen molar-refractivity contribution in [1.29, 1.82) is 0 Å². The lowest BCUT2D eigenvalue weighted by Gasteiger charge is -2.19. The first kappa shape index (κ1) is 15.4. The largest absolute Gasteiger partial charge is 0.439 e. The number of amides is 1. The third-order valence-corrected chi connectivity index (χ3v) is 4.37. The number of benzene rings is 3. The lowest BCUT2D eigenvalue weighted by Crippen LogP contribution is -2.19. The van der Waals surface area contributed by atoms with Crippen LogP contribution in [0.25, 0.3) is 11.1 Å². The van der Waals surface area contributed by atoms with Crippen LogP contribution in [0.2, 0.25) is 0 Å². The van der Waals surface area contributed by atoms with Crippen LogP contribution in [0.5, 0.6) is 0 Å². The van der Waals surface area contributed by atoms with Gasteiger partial charge in [-0.1, -0.05) is 66.7 Å². The predicted molar refractivity (Wildman–Crippen MR) is 93.4 cm³/mol. The molecule has 3 nitrogen and oxygen atoms in total. The molecule has 3 aromatic rings. The molecule has 4 rings (SSSR count). The Morgan fingerprint density at radius 2 is 1.56 bits per heavy atom. The molecule has 0 radical (unpaired) electrons. The maximum Gasteiger partial charge on any atom is 0.408 e. The molecule has 0 saturated carbocycles. The average molecular weight is 333 g/mol. The first-order valence-corrected chi connectivity index (χ1v) is 8.09. The Bertz CT molecular complexity index is 911. The molecule has 1 aliphatic rings. The SMILES string of the molecule is O=C1N[C@H](c2cccc(-c3ccccc3)c2)C(c2ccccc2F)O1. The Labute approximate surface area is 145 Å². The highest BCUT2D eigenvalue weighted by atomic mass is 19.1. The number of hydrogen-bond donors (Lipinski definition) is 1. The molecule has 0 bridgehead atoms. The van der Waals surface area contributed by atoms with E-state index in [2.05, 4.69) is 5.32 Å². The fraction of sp³-hybridized carbons (Fsp3) is 0.0952. The van der Waals surface area contributed by atoms with Gasteiger partial charge in [0.15, 0.2) is 6.10 Å². The van der Waals surface area contributed by atoms with Gasteiger partial charge in [-0.3, -0.25) is 0 Å². The monoisotopic (exact) mass is 333 g/mol. The number of carbonyl (C=O) groups is 1. The molecule has 1 fully saturated rings. The predicted octanol–water partition coefficient (Wildman–Crippen LogP) is 5.01. The van der Waals surface area contributed by atoms with Gasteiger partial charge in [0, 0.05) is 5.56 Å². The van der Waals surface area contributed by atoms with Crippen LogP contribution in [0, 0.1) is 5.82 Å². The third kappa shape index (κ3) is 2.98. The van der Waals surface area contributed by atoms with Gasteiger partial charge in [-0.05, 0) is 28.8 Å². The van der Waals surface area contributed by atoms with Gasteiger partial charge in [0.05, 0.1) is 6.04 Å². The van der Waals surface area contributed by atoms with Gasteiger partial charge < -0.3 is 10.1 Å². The summed E-state index contributed by atoms with van der Waals surface area (Å²) in [6.07, 6.45) is -1.23. The van der Waals surface area contributed by atoms with Crippen molar-refractivity contribution in [2.45, 2.75) is 12.1 Å². The minimum Gasteiger partial charge on any atom is -0.439 e. The molecule has 1 unspecified atom stereocenters. The van der Waals surface area contributed by atoms with E-state index in [4.69, 9.17) is 4.74 Å². The van der Waals surface area contributed by atoms with Crippen molar-refractivity contribution in [3.05, 3.63) is 95.8 Å². The summed E-state index contributed by atoms with van der Waals surface area (Å²) < 4.78 is 19.5. The van der Waals surface area contributed by atoms with Crippen LogP contribution in [0.3, 0.4) is 0 Å². The third-order valence-electron chi connectivity index (χ3n) is 4.37. The smallest absolute Gasteiger partial charge is 0.408 e. The summed E-state index contributed by atoms with van der Waals surface area (Å²) in [5.41, 5.74) is 3.36. The zero-order chi connectivity index (χ0) is 17.2. The first-order valence-electron chi connectivity index (χ1n) is 8.09. The fourth-order valence-corrected chi connectivity index (χ4v) is 3.17. The Morgan fingerprint density at radius 1 is 0.840 bits per heavy atom. The number of nitrogens with one attached hydrogen (secondary N) is 1. The summed E-state index contributed by atoms with van der Waals surface area (Å²) in [4.78, 5) is 11.8. The summed E-state index contributed by atoms with van der Waals surface area (Å²) in [6, 6.07) is 23.8. The highest BCUT2D eigenvalue weighted by Gasteiger charge is 2.37. The molecule has 1 saturated heterocycles. The lowest BCUT2D eigenvalue weighted by molar-refractivity contribution is 0.130. The van der Waals surface area contributed by atoms with E-state index in [-0.39, 0.29) is 5.82 Å². The molecule has 3 aromatic carbocycles. The molecule has 124 valence electrons. The summed E-state index contributed by atoms with van der Waals surface area (Å²) in [6.45, 7) is 0. The standard InChI is InChI=1S/C21H16FNO2/c22-18-12-5-4-11-17(18)20-19(23-21(24)25-20)16-10-6-9-15(13-16)14-7-2-1-3-8-14/h1-13,19-20H,(H,23,24)/t19-,20?/m1/s1. The Morgan fingerprint density at radius 3 is 2.36 bits per heavy atom. The molecule has 0 aliphatic carbocycles. The topological polar surface area (TPSA) is 38.3 Å². The van der Waals surface area contributed by atoms with Crippen LogP contribution < -0.4 is 5.32 Å². The van der Waals surface area contributed by atoms with Gasteiger partial charge in [0.2, 0.25) is 0 Å². The summed E-state index contributed by atoms with van der Waals surface area (Å²) >= 11 is 0. The highest BCUT2D eigenvalue weighted by Crippen LogP contribution is 2.38. The zero-order valence-corrected chi connectivity index (χ0v) is 13.4. The molecule has 4 heteroatoms. The zero-order valence-electron chi connectivity index (χ0n) is 13.4. The second-order valence-corrected chi connectivity index (χ2v) is 5.96. The van der Waals surface area contributed by atoms with E-state index in [0.29, 0.717) is 5.56 Å². The molecule has 1 aliphatic heterocycles. The van der Waals surface area contributed by atoms with Crippen molar-refractivity contribution in [2.75, 3.05) is 0 Å². The molecule has 0 aromatic heterocycles. The van der Waals surface area contributed by atoms with E-state index >= 15 is 0 Å². The minimum atomic E-state index is -0.695. The number of alkyl carbamates (subject to hydrolysis) is 1. The Kier molecular flexibility index (Phi) is 3.94. The van der Waals surface area contributed by atoms with E-state index in [1.54, 1.807) is 18.2 Å². The van der Waals surface area contributed by atoms with E-state index < -0.39 is 18.2 Å². The van der Waals surface area contributed by atoms with Gasteiger partial charge in [-0.2, -0.15) is 0 Å². The van der Waals surface area contributed by atoms with Crippen molar-refractivity contribution >= 4 is 6.09 Å². The molecule has 1 amide bonds. The van der Waals surface area contributed by atoms with Crippen molar-refractivity contribution in [2.24, 2.45) is 0 Å². The normalized spacial score (nSPS) is 19.3. The number of cyclic esters (lactones) is 1. The van der Waals surface area contributed by atoms with Crippen LogP contribution in [0.4, 0.5) is 9.18 Å². The fourth-order valence-electron chi connectivity index (χ4n) is 3.17. The lowest BCUT2D eigenvalue weighted by atomic mass is 9.93. The maximum atomic E-state index is 14.2. The van der Waals surface area contributed by atoms with Gasteiger partial charge in [0.25, 0.3) is 0 Å². The van der Waals surface area contributed by atoms with Crippen molar-refractivity contribution < 1.29 is 13.9 Å². The van der Waals surface area contributed by atoms with E-state index in [1.807, 2.05) is 54.6 Å². The van der Waals surface area contributed by atoms with Crippen molar-refractivity contribution in [3.8, 4) is 11.1 Å². The molecular formula is C21H16FNO2. The Hall–Kier alpha value is -3.14. The van der Waals surface area contributed by atoms with Gasteiger partial charge in [-0.25, -0.2) is 9.18 Å². The highest BCUT2D eigenvalue weighted by molar-refractivity contribution is 5.72. The second-order valence-electron chi connectivity index (χ2n) is 5.96. The Balaban J connectivity index is 1.73.